The van der Waals surface area contributed by atoms with E-state index in [4.69, 9.17) is 9.26 Å². The molecule has 2 aromatic heterocycles. The number of pyridine rings is 1. The smallest absolute Gasteiger partial charge is 0.226 e. The third kappa shape index (κ3) is 3.06. The molecule has 0 fully saturated rings. The molecule has 0 aliphatic rings. The summed E-state index contributed by atoms with van der Waals surface area (Å²) in [4.78, 5) is 16.1. The Labute approximate surface area is 127 Å². The van der Waals surface area contributed by atoms with Gasteiger partial charge >= 0.3 is 0 Å². The van der Waals surface area contributed by atoms with Crippen LogP contribution in [0.2, 0.25) is 0 Å². The molecule has 0 atom stereocenters. The van der Waals surface area contributed by atoms with Gasteiger partial charge in [0.25, 0.3) is 0 Å². The van der Waals surface area contributed by atoms with Crippen LogP contribution < -0.4 is 10.1 Å². The summed E-state index contributed by atoms with van der Waals surface area (Å²) in [5.41, 5.74) is 2.23. The van der Waals surface area contributed by atoms with E-state index in [0.29, 0.717) is 23.7 Å². The van der Waals surface area contributed by atoms with Crippen molar-refractivity contribution in [2.45, 2.75) is 13.0 Å². The van der Waals surface area contributed by atoms with Gasteiger partial charge in [-0.3, -0.25) is 4.79 Å². The zero-order chi connectivity index (χ0) is 15.4. The summed E-state index contributed by atoms with van der Waals surface area (Å²) in [6.45, 7) is 0.408. The van der Waals surface area contributed by atoms with Crippen molar-refractivity contribution in [3.8, 4) is 5.88 Å². The molecule has 0 aliphatic heterocycles. The molecule has 1 amide bonds. The Balaban J connectivity index is 1.60. The van der Waals surface area contributed by atoms with Gasteiger partial charge in [-0.05, 0) is 17.7 Å². The lowest BCUT2D eigenvalue weighted by atomic mass is 10.1. The lowest BCUT2D eigenvalue weighted by Gasteiger charge is -2.05. The first-order valence-electron chi connectivity index (χ1n) is 6.85. The molecular weight excluding hydrogens is 282 g/mol. The van der Waals surface area contributed by atoms with Crippen LogP contribution in [0.4, 0.5) is 0 Å². The van der Waals surface area contributed by atoms with Crippen LogP contribution >= 0.6 is 0 Å². The second-order valence-electron chi connectivity index (χ2n) is 4.79. The Morgan fingerprint density at radius 3 is 2.91 bits per heavy atom. The SMILES string of the molecule is COc1ccc(CNC(=O)Cc2noc3ccccc23)cn1. The van der Waals surface area contributed by atoms with Gasteiger partial charge in [0.05, 0.1) is 13.5 Å². The number of ether oxygens (including phenoxy) is 1. The van der Waals surface area contributed by atoms with Crippen molar-refractivity contribution in [3.63, 3.8) is 0 Å². The highest BCUT2D eigenvalue weighted by Crippen LogP contribution is 2.18. The number of rotatable bonds is 5. The molecular formula is C16H15N3O3. The Morgan fingerprint density at radius 2 is 2.14 bits per heavy atom. The normalized spacial score (nSPS) is 10.6. The Hall–Kier alpha value is -2.89. The predicted molar refractivity (Wildman–Crippen MR) is 80.3 cm³/mol. The number of amides is 1. The number of carbonyl (C=O) groups excluding carboxylic acids is 1. The van der Waals surface area contributed by atoms with E-state index in [9.17, 15) is 4.79 Å². The second kappa shape index (κ2) is 6.26. The molecule has 0 spiro atoms. The summed E-state index contributed by atoms with van der Waals surface area (Å²) < 4.78 is 10.2. The molecule has 0 saturated heterocycles. The van der Waals surface area contributed by atoms with Crippen LogP contribution in [0.3, 0.4) is 0 Å². The number of para-hydroxylation sites is 1. The van der Waals surface area contributed by atoms with Gasteiger partial charge in [-0.2, -0.15) is 0 Å². The topological polar surface area (TPSA) is 77.2 Å². The van der Waals surface area contributed by atoms with E-state index in [-0.39, 0.29) is 12.3 Å². The van der Waals surface area contributed by atoms with Crippen LogP contribution in [0.5, 0.6) is 5.88 Å². The Kier molecular flexibility index (Phi) is 4.00. The first kappa shape index (κ1) is 14.1. The van der Waals surface area contributed by atoms with Crippen molar-refractivity contribution >= 4 is 16.9 Å². The molecule has 0 aliphatic carbocycles. The number of nitrogens with zero attached hydrogens (tertiary/aromatic N) is 2. The fraction of sp³-hybridized carbons (Fsp3) is 0.188. The van der Waals surface area contributed by atoms with Crippen LogP contribution in [0.25, 0.3) is 11.0 Å². The highest BCUT2D eigenvalue weighted by atomic mass is 16.5. The average molecular weight is 297 g/mol. The maximum Gasteiger partial charge on any atom is 0.226 e. The van der Waals surface area contributed by atoms with E-state index >= 15 is 0 Å². The lowest BCUT2D eigenvalue weighted by Crippen LogP contribution is -2.24. The van der Waals surface area contributed by atoms with Gasteiger partial charge < -0.3 is 14.6 Å². The molecule has 3 aromatic rings. The molecule has 1 N–H and O–H groups in total. The maximum atomic E-state index is 12.0. The quantitative estimate of drug-likeness (QED) is 0.780. The van der Waals surface area contributed by atoms with Crippen molar-refractivity contribution in [1.29, 1.82) is 0 Å². The molecule has 6 nitrogen and oxygen atoms in total. The third-order valence-corrected chi connectivity index (χ3v) is 3.28. The molecule has 0 radical (unpaired) electrons. The minimum Gasteiger partial charge on any atom is -0.481 e. The lowest BCUT2D eigenvalue weighted by molar-refractivity contribution is -0.120. The zero-order valence-electron chi connectivity index (χ0n) is 12.1. The van der Waals surface area contributed by atoms with Gasteiger partial charge in [0.2, 0.25) is 11.8 Å². The monoisotopic (exact) mass is 297 g/mol. The van der Waals surface area contributed by atoms with Gasteiger partial charge in [-0.1, -0.05) is 23.4 Å². The average Bonchev–Trinajstić information content (AvgIpc) is 2.97. The first-order chi connectivity index (χ1) is 10.8. The fourth-order valence-corrected chi connectivity index (χ4v) is 2.12. The summed E-state index contributed by atoms with van der Waals surface area (Å²) in [6.07, 6.45) is 1.85. The summed E-state index contributed by atoms with van der Waals surface area (Å²) >= 11 is 0. The van der Waals surface area contributed by atoms with Gasteiger partial charge in [0, 0.05) is 24.2 Å². The zero-order valence-corrected chi connectivity index (χ0v) is 12.1. The van der Waals surface area contributed by atoms with Gasteiger partial charge in [0.1, 0.15) is 5.69 Å². The van der Waals surface area contributed by atoms with Gasteiger partial charge in [-0.25, -0.2) is 4.98 Å². The fourth-order valence-electron chi connectivity index (χ4n) is 2.12. The summed E-state index contributed by atoms with van der Waals surface area (Å²) in [5, 5.41) is 7.65. The first-order valence-corrected chi connectivity index (χ1v) is 6.85. The molecule has 1 aromatic carbocycles. The number of hydrogen-bond acceptors (Lipinski definition) is 5. The highest BCUT2D eigenvalue weighted by Gasteiger charge is 2.11. The minimum absolute atomic E-state index is 0.116. The summed E-state index contributed by atoms with van der Waals surface area (Å²) in [5.74, 6) is 0.430. The standard InChI is InChI=1S/C16H15N3O3/c1-21-16-7-6-11(10-18-16)9-17-15(20)8-13-12-4-2-3-5-14(12)22-19-13/h2-7,10H,8-9H2,1H3,(H,17,20). The van der Waals surface area contributed by atoms with E-state index in [2.05, 4.69) is 15.5 Å². The van der Waals surface area contributed by atoms with Crippen molar-refractivity contribution in [2.75, 3.05) is 7.11 Å². The minimum atomic E-state index is -0.116. The van der Waals surface area contributed by atoms with Crippen molar-refractivity contribution in [3.05, 3.63) is 53.9 Å². The van der Waals surface area contributed by atoms with Crippen LogP contribution in [-0.4, -0.2) is 23.2 Å². The molecule has 2 heterocycles. The van der Waals surface area contributed by atoms with E-state index < -0.39 is 0 Å². The Morgan fingerprint density at radius 1 is 1.27 bits per heavy atom. The van der Waals surface area contributed by atoms with E-state index in [1.54, 1.807) is 19.4 Å². The number of benzene rings is 1. The molecule has 112 valence electrons. The number of carbonyl (C=O) groups is 1. The van der Waals surface area contributed by atoms with Crippen LogP contribution in [0.1, 0.15) is 11.3 Å². The van der Waals surface area contributed by atoms with E-state index in [0.717, 1.165) is 10.9 Å². The second-order valence-corrected chi connectivity index (χ2v) is 4.79. The van der Waals surface area contributed by atoms with Crippen LogP contribution in [-0.2, 0) is 17.8 Å². The molecule has 0 saturated carbocycles. The maximum absolute atomic E-state index is 12.0. The van der Waals surface area contributed by atoms with Crippen LogP contribution in [0.15, 0.2) is 47.1 Å². The highest BCUT2D eigenvalue weighted by molar-refractivity contribution is 5.86. The molecule has 0 unspecified atom stereocenters. The van der Waals surface area contributed by atoms with E-state index in [1.165, 1.54) is 0 Å². The molecule has 6 heteroatoms. The largest absolute Gasteiger partial charge is 0.481 e. The molecule has 0 bridgehead atoms. The molecule has 3 rings (SSSR count). The number of fused-ring (bicyclic) bond motifs is 1. The van der Waals surface area contributed by atoms with Crippen molar-refractivity contribution in [2.24, 2.45) is 0 Å². The number of nitrogens with one attached hydrogen (secondary N) is 1. The molecule has 22 heavy (non-hydrogen) atoms. The number of hydrogen-bond donors (Lipinski definition) is 1. The Bertz CT molecular complexity index is 781. The van der Waals surface area contributed by atoms with Gasteiger partial charge in [-0.15, -0.1) is 0 Å². The number of methoxy groups -OCH3 is 1. The summed E-state index contributed by atoms with van der Waals surface area (Å²) in [6, 6.07) is 11.1. The third-order valence-electron chi connectivity index (χ3n) is 3.28. The van der Waals surface area contributed by atoms with E-state index in [1.807, 2.05) is 30.3 Å². The van der Waals surface area contributed by atoms with Crippen LogP contribution in [0, 0.1) is 0 Å². The van der Waals surface area contributed by atoms with Gasteiger partial charge in [0.15, 0.2) is 5.58 Å². The predicted octanol–water partition coefficient (Wildman–Crippen LogP) is 2.09. The number of aromatic nitrogens is 2. The summed E-state index contributed by atoms with van der Waals surface area (Å²) in [7, 11) is 1.56. The van der Waals surface area contributed by atoms with Crippen molar-refractivity contribution in [1.82, 2.24) is 15.5 Å². The van der Waals surface area contributed by atoms with Crippen molar-refractivity contribution < 1.29 is 14.1 Å².